The first-order valence-corrected chi connectivity index (χ1v) is 11.4. The van der Waals surface area contributed by atoms with Crippen molar-refractivity contribution < 1.29 is 14.4 Å². The van der Waals surface area contributed by atoms with Gasteiger partial charge >= 0.3 is 0 Å². The summed E-state index contributed by atoms with van der Waals surface area (Å²) in [6.45, 7) is 5.46. The van der Waals surface area contributed by atoms with E-state index in [2.05, 4.69) is 20.9 Å². The Kier molecular flexibility index (Phi) is 5.31. The Morgan fingerprint density at radius 1 is 0.900 bits per heavy atom. The zero-order valence-electron chi connectivity index (χ0n) is 17.4. The molecule has 30 heavy (non-hydrogen) atoms. The maximum Gasteiger partial charge on any atom is 0.233 e. The van der Waals surface area contributed by atoms with Gasteiger partial charge in [-0.25, -0.2) is 4.98 Å². The van der Waals surface area contributed by atoms with Crippen molar-refractivity contribution in [1.82, 2.24) is 14.8 Å². The van der Waals surface area contributed by atoms with Crippen molar-refractivity contribution in [3.8, 4) is 0 Å². The highest BCUT2D eigenvalue weighted by Crippen LogP contribution is 2.51. The number of nitrogens with zero attached hydrogens (tertiary/aromatic N) is 4. The van der Waals surface area contributed by atoms with Crippen LogP contribution in [0, 0.1) is 23.7 Å². The number of pyridine rings is 1. The van der Waals surface area contributed by atoms with E-state index in [0.29, 0.717) is 13.0 Å². The number of unbranched alkanes of at least 4 members (excludes halogenated alkanes) is 1. The van der Waals surface area contributed by atoms with Crippen molar-refractivity contribution in [2.75, 3.05) is 44.2 Å². The molecule has 0 aromatic carbocycles. The zero-order chi connectivity index (χ0) is 20.7. The van der Waals surface area contributed by atoms with E-state index in [0.717, 1.165) is 64.2 Å². The first kappa shape index (κ1) is 19.7. The molecular formula is C23H30N4O3. The molecule has 6 rings (SSSR count). The molecule has 160 valence electrons. The Labute approximate surface area is 177 Å². The first-order chi connectivity index (χ1) is 14.6. The number of ketones is 1. The number of fused-ring (bicyclic) bond motifs is 2. The van der Waals surface area contributed by atoms with Crippen LogP contribution in [0.25, 0.3) is 0 Å². The van der Waals surface area contributed by atoms with Crippen molar-refractivity contribution in [1.29, 1.82) is 0 Å². The van der Waals surface area contributed by atoms with Crippen LogP contribution in [0.5, 0.6) is 0 Å². The quantitative estimate of drug-likeness (QED) is 0.524. The second kappa shape index (κ2) is 8.10. The summed E-state index contributed by atoms with van der Waals surface area (Å²) >= 11 is 0. The molecule has 3 aliphatic carbocycles. The lowest BCUT2D eigenvalue weighted by molar-refractivity contribution is -0.144. The molecule has 7 nitrogen and oxygen atoms in total. The van der Waals surface area contributed by atoms with Gasteiger partial charge in [0.15, 0.2) is 0 Å². The third kappa shape index (κ3) is 3.43. The number of rotatable bonds is 6. The lowest BCUT2D eigenvalue weighted by Gasteiger charge is -2.41. The predicted octanol–water partition coefficient (Wildman–Crippen LogP) is 1.58. The van der Waals surface area contributed by atoms with Crippen LogP contribution in [0.4, 0.5) is 5.82 Å². The van der Waals surface area contributed by atoms with E-state index in [1.54, 1.807) is 0 Å². The summed E-state index contributed by atoms with van der Waals surface area (Å²) in [5.41, 5.74) is 0. The van der Waals surface area contributed by atoms with Crippen LogP contribution in [0.1, 0.15) is 32.1 Å². The van der Waals surface area contributed by atoms with Crippen LogP contribution in [-0.2, 0) is 14.4 Å². The number of carbonyl (C=O) groups excluding carboxylic acids is 3. The Balaban J connectivity index is 1.08. The van der Waals surface area contributed by atoms with Gasteiger partial charge < -0.3 is 4.90 Å². The molecule has 5 aliphatic rings. The number of Topliss-reactive ketones (excluding diaryl/α,β-unsaturated/α-hetero) is 1. The molecule has 2 aliphatic heterocycles. The summed E-state index contributed by atoms with van der Waals surface area (Å²) in [6.07, 6.45) is 5.86. The number of hydrogen-bond acceptors (Lipinski definition) is 6. The van der Waals surface area contributed by atoms with E-state index in [4.69, 9.17) is 0 Å². The largest absolute Gasteiger partial charge is 0.354 e. The van der Waals surface area contributed by atoms with Gasteiger partial charge in [0.05, 0.1) is 11.8 Å². The van der Waals surface area contributed by atoms with Gasteiger partial charge in [-0.1, -0.05) is 6.07 Å². The van der Waals surface area contributed by atoms with E-state index in [9.17, 15) is 14.4 Å². The molecule has 0 radical (unpaired) electrons. The van der Waals surface area contributed by atoms with Crippen LogP contribution in [-0.4, -0.2) is 71.6 Å². The van der Waals surface area contributed by atoms with Gasteiger partial charge in [-0.2, -0.15) is 0 Å². The maximum absolute atomic E-state index is 12.9. The van der Waals surface area contributed by atoms with Gasteiger partial charge in [0.1, 0.15) is 11.6 Å². The second-order valence-corrected chi connectivity index (χ2v) is 9.22. The summed E-state index contributed by atoms with van der Waals surface area (Å²) in [7, 11) is 0. The third-order valence-electron chi connectivity index (χ3n) is 7.61. The fraction of sp³-hybridized carbons (Fsp3) is 0.652. The number of hydrogen-bond donors (Lipinski definition) is 0. The topological polar surface area (TPSA) is 73.8 Å². The van der Waals surface area contributed by atoms with Gasteiger partial charge in [-0.05, 0) is 50.3 Å². The minimum atomic E-state index is -0.350. The SMILES string of the molecule is O=C1CC2CCC1C1C(=O)N(CCCCN3CCN(c4ccccn4)CC3)C(=O)C21. The zero-order valence-corrected chi connectivity index (χ0v) is 17.4. The Morgan fingerprint density at radius 2 is 1.67 bits per heavy atom. The van der Waals surface area contributed by atoms with Crippen LogP contribution in [0.15, 0.2) is 24.4 Å². The number of piperazine rings is 1. The Morgan fingerprint density at radius 3 is 2.40 bits per heavy atom. The van der Waals surface area contributed by atoms with Crippen LogP contribution >= 0.6 is 0 Å². The molecule has 1 aromatic rings. The third-order valence-corrected chi connectivity index (χ3v) is 7.61. The van der Waals surface area contributed by atoms with E-state index < -0.39 is 0 Å². The molecule has 3 saturated carbocycles. The van der Waals surface area contributed by atoms with Gasteiger partial charge in [-0.15, -0.1) is 0 Å². The number of aromatic nitrogens is 1. The number of likely N-dealkylation sites (tertiary alicyclic amines) is 1. The second-order valence-electron chi connectivity index (χ2n) is 9.22. The predicted molar refractivity (Wildman–Crippen MR) is 112 cm³/mol. The minimum absolute atomic E-state index is 0.00354. The van der Waals surface area contributed by atoms with Crippen molar-refractivity contribution in [3.63, 3.8) is 0 Å². The van der Waals surface area contributed by atoms with Gasteiger partial charge in [0.25, 0.3) is 0 Å². The van der Waals surface area contributed by atoms with Crippen LogP contribution < -0.4 is 4.90 Å². The molecule has 4 unspecified atom stereocenters. The molecule has 7 heteroatoms. The van der Waals surface area contributed by atoms with Gasteiger partial charge in [0, 0.05) is 51.3 Å². The van der Waals surface area contributed by atoms with E-state index >= 15 is 0 Å². The van der Waals surface area contributed by atoms with Crippen molar-refractivity contribution in [2.45, 2.75) is 32.1 Å². The monoisotopic (exact) mass is 410 g/mol. The Hall–Kier alpha value is -2.28. The minimum Gasteiger partial charge on any atom is -0.354 e. The van der Waals surface area contributed by atoms with Crippen molar-refractivity contribution in [3.05, 3.63) is 24.4 Å². The standard InChI is InChI=1S/C23H30N4O3/c28-18-15-16-6-7-17(18)21-20(16)22(29)27(23(21)30)10-4-3-9-25-11-13-26(14-12-25)19-5-1-2-8-24-19/h1-2,5,8,16-17,20-21H,3-4,6-7,9-15H2. The summed E-state index contributed by atoms with van der Waals surface area (Å²) in [5.74, 6) is 0.511. The van der Waals surface area contributed by atoms with Crippen molar-refractivity contribution >= 4 is 23.4 Å². The number of carbonyl (C=O) groups is 3. The van der Waals surface area contributed by atoms with Crippen LogP contribution in [0.3, 0.4) is 0 Å². The summed E-state index contributed by atoms with van der Waals surface area (Å²) < 4.78 is 0. The summed E-state index contributed by atoms with van der Waals surface area (Å²) in [6, 6.07) is 6.01. The number of amides is 2. The molecule has 0 N–H and O–H groups in total. The molecule has 3 heterocycles. The smallest absolute Gasteiger partial charge is 0.233 e. The molecule has 2 bridgehead atoms. The van der Waals surface area contributed by atoms with Crippen molar-refractivity contribution in [2.24, 2.45) is 23.7 Å². The molecular weight excluding hydrogens is 380 g/mol. The highest BCUT2D eigenvalue weighted by molar-refractivity contribution is 6.08. The summed E-state index contributed by atoms with van der Waals surface area (Å²) in [5, 5.41) is 0. The van der Waals surface area contributed by atoms with Crippen LogP contribution in [0.2, 0.25) is 0 Å². The molecule has 2 saturated heterocycles. The van der Waals surface area contributed by atoms with E-state index in [-0.39, 0.29) is 41.3 Å². The first-order valence-electron chi connectivity index (χ1n) is 11.4. The lowest BCUT2D eigenvalue weighted by Crippen LogP contribution is -2.47. The fourth-order valence-electron chi connectivity index (χ4n) is 6.01. The molecule has 1 aromatic heterocycles. The van der Waals surface area contributed by atoms with Gasteiger partial charge in [-0.3, -0.25) is 24.2 Å². The van der Waals surface area contributed by atoms with E-state index in [1.807, 2.05) is 18.3 Å². The lowest BCUT2D eigenvalue weighted by atomic mass is 9.59. The maximum atomic E-state index is 12.9. The molecule has 0 spiro atoms. The fourth-order valence-corrected chi connectivity index (χ4v) is 6.01. The molecule has 2 amide bonds. The summed E-state index contributed by atoms with van der Waals surface area (Å²) in [4.78, 5) is 48.7. The molecule has 4 atom stereocenters. The average molecular weight is 411 g/mol. The number of anilines is 1. The van der Waals surface area contributed by atoms with E-state index in [1.165, 1.54) is 4.90 Å². The number of imide groups is 1. The van der Waals surface area contributed by atoms with Gasteiger partial charge in [0.2, 0.25) is 11.8 Å². The average Bonchev–Trinajstić information content (AvgIpc) is 3.04. The normalized spacial score (nSPS) is 31.5. The Bertz CT molecular complexity index is 821. The highest BCUT2D eigenvalue weighted by Gasteiger charge is 2.60. The molecule has 5 fully saturated rings. The highest BCUT2D eigenvalue weighted by atomic mass is 16.2.